The molecule has 1 saturated carbocycles. The lowest BCUT2D eigenvalue weighted by Crippen LogP contribution is -2.49. The zero-order chi connectivity index (χ0) is 19.9. The predicted molar refractivity (Wildman–Crippen MR) is 107 cm³/mol. The maximum absolute atomic E-state index is 12.7. The van der Waals surface area contributed by atoms with Crippen molar-refractivity contribution in [3.63, 3.8) is 0 Å². The second-order valence-corrected chi connectivity index (χ2v) is 7.12. The van der Waals surface area contributed by atoms with Gasteiger partial charge >= 0.3 is 0 Å². The van der Waals surface area contributed by atoms with Gasteiger partial charge in [0.15, 0.2) is 17.5 Å². The molecule has 1 aromatic carbocycles. The Morgan fingerprint density at radius 1 is 1.19 bits per heavy atom. The van der Waals surface area contributed by atoms with Crippen LogP contribution < -0.4 is 20.1 Å². The van der Waals surface area contributed by atoms with Crippen molar-refractivity contribution in [3.05, 3.63) is 23.8 Å². The van der Waals surface area contributed by atoms with Crippen LogP contribution in [0.4, 0.5) is 0 Å². The number of hydrogen-bond acceptors (Lipinski definition) is 4. The summed E-state index contributed by atoms with van der Waals surface area (Å²) in [6.45, 7) is 1.12. The highest BCUT2D eigenvalue weighted by atomic mass is 16.5. The summed E-state index contributed by atoms with van der Waals surface area (Å²) in [7, 11) is 8.63. The van der Waals surface area contributed by atoms with E-state index >= 15 is 0 Å². The highest BCUT2D eigenvalue weighted by Gasteiger charge is 2.42. The van der Waals surface area contributed by atoms with Crippen molar-refractivity contribution in [1.82, 2.24) is 15.5 Å². The van der Waals surface area contributed by atoms with Gasteiger partial charge in [-0.1, -0.05) is 25.0 Å². The fourth-order valence-electron chi connectivity index (χ4n) is 3.74. The highest BCUT2D eigenvalue weighted by Crippen LogP contribution is 2.39. The number of rotatable bonds is 7. The maximum Gasteiger partial charge on any atom is 0.230 e. The Balaban J connectivity index is 2.01. The van der Waals surface area contributed by atoms with Crippen LogP contribution >= 0.6 is 0 Å². The van der Waals surface area contributed by atoms with E-state index in [0.29, 0.717) is 30.5 Å². The Kier molecular flexibility index (Phi) is 7.33. The number of carbonyl (C=O) groups excluding carboxylic acids is 1. The molecule has 1 aliphatic carbocycles. The fraction of sp³-hybridized carbons (Fsp3) is 0.600. The van der Waals surface area contributed by atoms with E-state index in [1.54, 1.807) is 26.2 Å². The minimum atomic E-state index is -0.339. The quantitative estimate of drug-likeness (QED) is 0.562. The number of aliphatic imine (C=N–C) groups is 1. The van der Waals surface area contributed by atoms with Crippen molar-refractivity contribution in [1.29, 1.82) is 0 Å². The maximum atomic E-state index is 12.7. The first-order chi connectivity index (χ1) is 13.0. The molecular weight excluding hydrogens is 344 g/mol. The molecule has 0 saturated heterocycles. The standard InChI is InChI=1S/C20H32N4O3/c1-21-19(22-13-15-9-8-10-16(26-4)17(15)27-5)23-14-20(11-6-7-12-20)18(25)24(2)3/h8-10H,6-7,11-14H2,1-5H3,(H2,21,22,23). The van der Waals surface area contributed by atoms with E-state index in [0.717, 1.165) is 31.2 Å². The normalized spacial score (nSPS) is 16.0. The first-order valence-corrected chi connectivity index (χ1v) is 9.33. The zero-order valence-corrected chi connectivity index (χ0v) is 17.1. The second-order valence-electron chi connectivity index (χ2n) is 7.12. The zero-order valence-electron chi connectivity index (χ0n) is 17.1. The van der Waals surface area contributed by atoms with Crippen LogP contribution in [0.15, 0.2) is 23.2 Å². The average molecular weight is 377 g/mol. The summed E-state index contributed by atoms with van der Waals surface area (Å²) < 4.78 is 10.8. The van der Waals surface area contributed by atoms with Crippen LogP contribution in [0.1, 0.15) is 31.2 Å². The van der Waals surface area contributed by atoms with Gasteiger partial charge in [-0.05, 0) is 18.9 Å². The van der Waals surface area contributed by atoms with Crippen LogP contribution in [0.5, 0.6) is 11.5 Å². The first kappa shape index (κ1) is 20.9. The SMILES string of the molecule is CN=C(NCc1cccc(OC)c1OC)NCC1(C(=O)N(C)C)CCCC1. The van der Waals surface area contributed by atoms with E-state index < -0.39 is 0 Å². The van der Waals surface area contributed by atoms with Crippen LogP contribution in [0.3, 0.4) is 0 Å². The molecule has 1 fully saturated rings. The van der Waals surface area contributed by atoms with Crippen molar-refractivity contribution in [2.45, 2.75) is 32.2 Å². The Hall–Kier alpha value is -2.44. The molecule has 0 aliphatic heterocycles. The fourth-order valence-corrected chi connectivity index (χ4v) is 3.74. The molecule has 0 atom stereocenters. The largest absolute Gasteiger partial charge is 0.493 e. The van der Waals surface area contributed by atoms with E-state index in [-0.39, 0.29) is 11.3 Å². The van der Waals surface area contributed by atoms with Gasteiger partial charge in [0.25, 0.3) is 0 Å². The molecule has 7 heteroatoms. The Morgan fingerprint density at radius 2 is 1.89 bits per heavy atom. The minimum Gasteiger partial charge on any atom is -0.493 e. The molecule has 1 amide bonds. The second kappa shape index (κ2) is 9.48. The first-order valence-electron chi connectivity index (χ1n) is 9.33. The summed E-state index contributed by atoms with van der Waals surface area (Å²) in [6, 6.07) is 5.78. The topological polar surface area (TPSA) is 75.2 Å². The summed E-state index contributed by atoms with van der Waals surface area (Å²) in [4.78, 5) is 18.7. The van der Waals surface area contributed by atoms with Gasteiger partial charge in [0.05, 0.1) is 19.6 Å². The van der Waals surface area contributed by atoms with E-state index in [1.807, 2.05) is 32.3 Å². The predicted octanol–water partition coefficient (Wildman–Crippen LogP) is 2.02. The molecule has 2 rings (SSSR count). The summed E-state index contributed by atoms with van der Waals surface area (Å²) in [5.41, 5.74) is 0.633. The number of carbonyl (C=O) groups is 1. The van der Waals surface area contributed by atoms with Crippen LogP contribution in [0, 0.1) is 5.41 Å². The van der Waals surface area contributed by atoms with Crippen LogP contribution in [0.25, 0.3) is 0 Å². The molecule has 1 aromatic rings. The van der Waals surface area contributed by atoms with E-state index in [4.69, 9.17) is 9.47 Å². The summed E-state index contributed by atoms with van der Waals surface area (Å²) in [5.74, 6) is 2.26. The molecule has 0 bridgehead atoms. The molecule has 2 N–H and O–H groups in total. The number of amides is 1. The molecule has 7 nitrogen and oxygen atoms in total. The van der Waals surface area contributed by atoms with Crippen molar-refractivity contribution in [3.8, 4) is 11.5 Å². The van der Waals surface area contributed by atoms with Gasteiger partial charge in [0.2, 0.25) is 5.91 Å². The molecule has 0 spiro atoms. The number of methoxy groups -OCH3 is 2. The Bertz CT molecular complexity index is 667. The molecule has 0 unspecified atom stereocenters. The van der Waals surface area contributed by atoms with E-state index in [1.165, 1.54) is 0 Å². The van der Waals surface area contributed by atoms with Gasteiger partial charge in [-0.2, -0.15) is 0 Å². The van der Waals surface area contributed by atoms with E-state index in [9.17, 15) is 4.79 Å². The smallest absolute Gasteiger partial charge is 0.230 e. The summed E-state index contributed by atoms with van der Waals surface area (Å²) in [5, 5.41) is 6.64. The number of benzene rings is 1. The van der Waals surface area contributed by atoms with Gasteiger partial charge in [-0.15, -0.1) is 0 Å². The number of para-hydroxylation sites is 1. The van der Waals surface area contributed by atoms with Gasteiger partial charge in [0, 0.05) is 39.8 Å². The van der Waals surface area contributed by atoms with Crippen molar-refractivity contribution >= 4 is 11.9 Å². The Morgan fingerprint density at radius 3 is 2.44 bits per heavy atom. The molecule has 0 aromatic heterocycles. The number of hydrogen-bond donors (Lipinski definition) is 2. The van der Waals surface area contributed by atoms with E-state index in [2.05, 4.69) is 15.6 Å². The van der Waals surface area contributed by atoms with Gasteiger partial charge in [-0.25, -0.2) is 0 Å². The van der Waals surface area contributed by atoms with Crippen molar-refractivity contribution in [2.24, 2.45) is 10.4 Å². The third kappa shape index (κ3) is 4.84. The monoisotopic (exact) mass is 376 g/mol. The van der Waals surface area contributed by atoms with Gasteiger partial charge in [0.1, 0.15) is 0 Å². The van der Waals surface area contributed by atoms with Crippen LogP contribution in [-0.2, 0) is 11.3 Å². The molecular formula is C20H32N4O3. The minimum absolute atomic E-state index is 0.192. The molecule has 1 aliphatic rings. The third-order valence-corrected chi connectivity index (χ3v) is 5.17. The van der Waals surface area contributed by atoms with Crippen molar-refractivity contribution < 1.29 is 14.3 Å². The lowest BCUT2D eigenvalue weighted by molar-refractivity contribution is -0.138. The average Bonchev–Trinajstić information content (AvgIpc) is 3.16. The number of nitrogens with zero attached hydrogens (tertiary/aromatic N) is 2. The molecule has 0 heterocycles. The molecule has 27 heavy (non-hydrogen) atoms. The molecule has 0 radical (unpaired) electrons. The third-order valence-electron chi connectivity index (χ3n) is 5.17. The van der Waals surface area contributed by atoms with Gasteiger partial charge in [-0.3, -0.25) is 9.79 Å². The van der Waals surface area contributed by atoms with Crippen LogP contribution in [0.2, 0.25) is 0 Å². The lowest BCUT2D eigenvalue weighted by Gasteiger charge is -2.31. The highest BCUT2D eigenvalue weighted by molar-refractivity contribution is 5.85. The van der Waals surface area contributed by atoms with Gasteiger partial charge < -0.3 is 25.0 Å². The Labute approximate surface area is 162 Å². The summed E-state index contributed by atoms with van der Waals surface area (Å²) in [6.07, 6.45) is 4.01. The summed E-state index contributed by atoms with van der Waals surface area (Å²) >= 11 is 0. The lowest BCUT2D eigenvalue weighted by atomic mass is 9.84. The number of nitrogens with one attached hydrogen (secondary N) is 2. The number of guanidine groups is 1. The number of ether oxygens (including phenoxy) is 2. The van der Waals surface area contributed by atoms with Crippen molar-refractivity contribution in [2.75, 3.05) is 41.9 Å². The van der Waals surface area contributed by atoms with Crippen LogP contribution in [-0.4, -0.2) is 58.7 Å². The molecule has 150 valence electrons.